The van der Waals surface area contributed by atoms with Crippen LogP contribution in [-0.2, 0) is 94.6 Å². The molecule has 3 aromatic rings. The van der Waals surface area contributed by atoms with Gasteiger partial charge in [-0.2, -0.15) is 19.4 Å². The van der Waals surface area contributed by atoms with Crippen LogP contribution < -0.4 is 0 Å². The summed E-state index contributed by atoms with van der Waals surface area (Å²) in [4.78, 5) is 185. The van der Waals surface area contributed by atoms with Gasteiger partial charge in [-0.15, -0.1) is 0 Å². The van der Waals surface area contributed by atoms with E-state index in [0.717, 1.165) is 49.5 Å². The highest BCUT2D eigenvalue weighted by Gasteiger charge is 2.44. The van der Waals surface area contributed by atoms with Gasteiger partial charge in [0, 0.05) is 144 Å². The molecule has 10 rings (SSSR count). The number of hydrogen-bond donors (Lipinski definition) is 2. The summed E-state index contributed by atoms with van der Waals surface area (Å²) in [6, 6.07) is 7.41. The van der Waals surface area contributed by atoms with Crippen molar-refractivity contribution in [1.82, 2.24) is 34.3 Å². The van der Waals surface area contributed by atoms with Crippen LogP contribution in [0.3, 0.4) is 0 Å². The zero-order chi connectivity index (χ0) is 103. The van der Waals surface area contributed by atoms with Crippen LogP contribution in [0.5, 0.6) is 0 Å². The number of piperidine rings is 3. The monoisotopic (exact) mass is 2140 g/mol. The number of carboxylic acids is 1. The molecule has 0 radical (unpaired) electrons. The maximum atomic E-state index is 13.8. The number of Topliss-reactive ketones (excluding diaryl/α,β-unsaturated/α-hetero) is 4. The van der Waals surface area contributed by atoms with Crippen molar-refractivity contribution in [3.05, 3.63) is 107 Å². The Morgan fingerprint density at radius 3 is 1.39 bits per heavy atom. The highest BCUT2D eigenvalue weighted by atomic mass is 127. The van der Waals surface area contributed by atoms with Crippen molar-refractivity contribution < 1.29 is 129 Å². The summed E-state index contributed by atoms with van der Waals surface area (Å²) in [5.41, 5.74) is 6.71. The number of nitrogens with zero attached hydrogens (tertiary/aromatic N) is 13. The van der Waals surface area contributed by atoms with Crippen molar-refractivity contribution in [2.24, 2.45) is 43.7 Å². The van der Waals surface area contributed by atoms with Gasteiger partial charge < -0.3 is 72.2 Å². The Kier molecular flexibility index (Phi) is 59.3. The molecule has 0 spiro atoms. The second-order valence-electron chi connectivity index (χ2n) is 35.7. The number of hydrogen-bond acceptors (Lipinski definition) is 30. The number of amides is 5. The molecule has 46 heteroatoms. The summed E-state index contributed by atoms with van der Waals surface area (Å²) in [6.07, 6.45) is 1.82. The van der Waals surface area contributed by atoms with Gasteiger partial charge in [-0.1, -0.05) is 105 Å². The minimum Gasteiger partial charge on any atom is -0.481 e. The highest BCUT2D eigenvalue weighted by Crippen LogP contribution is 2.35. The Bertz CT molecular complexity index is 4610. The van der Waals surface area contributed by atoms with Gasteiger partial charge in [0.05, 0.1) is 67.6 Å². The summed E-state index contributed by atoms with van der Waals surface area (Å²) >= 11 is 9.82. The van der Waals surface area contributed by atoms with E-state index in [4.69, 9.17) is 53.3 Å². The molecule has 0 saturated carbocycles. The van der Waals surface area contributed by atoms with Crippen molar-refractivity contribution in [2.75, 3.05) is 103 Å². The maximum absolute atomic E-state index is 13.8. The van der Waals surface area contributed by atoms with E-state index >= 15 is 0 Å². The average molecular weight is 2150 g/mol. The number of nitro groups is 2. The number of carboxylic acid groups (broad SMARTS) is 1. The molecule has 41 nitrogen and oxygen atoms in total. The Hall–Kier alpha value is -10.7. The zero-order valence-electron chi connectivity index (χ0n) is 80.9. The van der Waals surface area contributed by atoms with E-state index in [-0.39, 0.29) is 121 Å². The van der Waals surface area contributed by atoms with Crippen molar-refractivity contribution in [3.63, 3.8) is 0 Å². The lowest BCUT2D eigenvalue weighted by molar-refractivity contribution is -0.387. The summed E-state index contributed by atoms with van der Waals surface area (Å²) in [5.74, 6) is -7.29. The first-order valence-corrected chi connectivity index (χ1v) is 46.6. The van der Waals surface area contributed by atoms with Crippen molar-refractivity contribution >= 4 is 145 Å². The van der Waals surface area contributed by atoms with E-state index < -0.39 is 115 Å². The molecule has 0 aliphatic carbocycles. The van der Waals surface area contributed by atoms with Crippen molar-refractivity contribution in [2.45, 2.75) is 266 Å². The first-order chi connectivity index (χ1) is 62.2. The number of aliphatic carboxylic acids is 1. The molecule has 2 N–H and O–H groups in total. The lowest BCUT2D eigenvalue weighted by atomic mass is 9.86. The number of esters is 3. The molecule has 7 aliphatic heterocycles. The molecule has 1 aromatic heterocycles. The molecule has 5 unspecified atom stereocenters. The van der Waals surface area contributed by atoms with Crippen molar-refractivity contribution in [1.29, 1.82) is 5.53 Å². The van der Waals surface area contributed by atoms with E-state index in [1.54, 1.807) is 88.6 Å². The summed E-state index contributed by atoms with van der Waals surface area (Å²) < 4.78 is 77.0. The SMILES string of the molecule is C.C.C.C1CCOC1.CC(=O)O.CC(C)(C)OC(=O)N1CCC(=O)CC1.CC1CN(C(=O)OC(C)(C)C)CCC1=O.CCOC(=O)C(=O)C1CN(C(=O)OC(C)(C)C)CC(C)C1=O.CCOC(=O)C1=NCC2=C1CN(C(=O)OC(C)(C)C)CC2C.CCOC(=O)c1nn(Cc2ccc(F)c([N+](=O)[O-])c2)c2c1CN(C(=O)OC(C)(C)C)CC2C.CI.N=NN=NCl.O=[N+]([O-])c1cc(CBr)ccc1F. The quantitative estimate of drug-likeness (QED) is 0.0185. The first kappa shape index (κ1) is 130. The Morgan fingerprint density at radius 2 is 0.985 bits per heavy atom. The fraction of sp³-hybridized carbons (Fsp3) is 0.659. The molecule has 4 fully saturated rings. The van der Waals surface area contributed by atoms with Gasteiger partial charge in [0.15, 0.2) is 5.69 Å². The number of carbonyl (C=O) groups is 13. The summed E-state index contributed by atoms with van der Waals surface area (Å²) in [5, 5.41) is 38.8. The van der Waals surface area contributed by atoms with E-state index in [2.05, 4.69) is 80.2 Å². The smallest absolute Gasteiger partial charge is 0.410 e. The van der Waals surface area contributed by atoms with Crippen LogP contribution in [-0.4, -0.2) is 264 Å². The van der Waals surface area contributed by atoms with Crippen LogP contribution in [0.1, 0.15) is 252 Å². The third-order valence-corrected chi connectivity index (χ3v) is 19.2. The van der Waals surface area contributed by atoms with Gasteiger partial charge >= 0.3 is 59.7 Å². The number of carbonyl (C=O) groups excluding carboxylic acids is 12. The fourth-order valence-electron chi connectivity index (χ4n) is 12.8. The molecule has 8 heterocycles. The summed E-state index contributed by atoms with van der Waals surface area (Å²) in [6.45, 7) is 46.9. The normalized spacial score (nSPS) is 17.4. The Labute approximate surface area is 829 Å². The molecule has 2 aromatic carbocycles. The lowest BCUT2D eigenvalue weighted by Crippen LogP contribution is -2.53. The van der Waals surface area contributed by atoms with Gasteiger partial charge in [0.1, 0.15) is 57.0 Å². The minimum absolute atomic E-state index is 0. The van der Waals surface area contributed by atoms with Crippen LogP contribution in [0.4, 0.5) is 44.1 Å². The van der Waals surface area contributed by atoms with E-state index in [1.807, 2.05) is 88.0 Å². The number of aromatic nitrogens is 2. The lowest BCUT2D eigenvalue weighted by Gasteiger charge is -2.35. The van der Waals surface area contributed by atoms with E-state index in [0.29, 0.717) is 112 Å². The highest BCUT2D eigenvalue weighted by molar-refractivity contribution is 14.1. The minimum atomic E-state index is -1.18. The third kappa shape index (κ3) is 48.4. The Morgan fingerprint density at radius 1 is 0.584 bits per heavy atom. The van der Waals surface area contributed by atoms with Gasteiger partial charge in [0.2, 0.25) is 11.6 Å². The van der Waals surface area contributed by atoms with Crippen LogP contribution in [0, 0.1) is 61.1 Å². The standard InChI is InChI=1S/C22H27FN4O6.C16H24N2O4.C15H23NO6.C11H19NO3.C10H17NO3.C7H5BrFNO2.C4H8O.C2H4O2.CH3I.3CH4.ClHN4/c1-6-32-20(28)18-15-12-25(21(29)33-22(3,4)5)10-13(2)19(15)26(24-18)11-14-7-8-16(23)17(9-14)27(30)31;1-6-21-14(19)13-12-9-18(15(20)22-16(3,4)5)8-10(2)11(12)7-17-13;1-6-21-13(19)12(18)10-8-16(7-9(2)11(10)17)14(20)22-15(3,4)5;1-8-7-12(6-5-9(8)13)10(14)15-11(2,3)4;1-10(2,3)14-9(13)11-6-4-8(12)5-7-11;8-4-5-1-2-6(9)7(3-5)10(11)12;1-2-4-5-3-1;1-2(3)4;1-2;;;;1-3-5-4-2/h7-9,13H,6,10-12H2,1-5H3;10H,6-9H2,1-5H3;9-10H,6-8H2,1-5H3;8H,5-7H2,1-4H3;4-7H2,1-3H3;1-3H,4H2;1-4H2;1H3,(H,3,4);1H3;3*1H4;2H. The predicted molar refractivity (Wildman–Crippen MR) is 519 cm³/mol. The number of ketones is 4. The summed E-state index contributed by atoms with van der Waals surface area (Å²) in [7, 11) is 0. The molecule has 137 heavy (non-hydrogen) atoms. The Balaban J connectivity index is -0.00000155. The average Bonchev–Trinajstić information content (AvgIpc) is 1.61. The number of likely N-dealkylation sites (tertiary alicyclic amines) is 3. The number of halogens is 5. The number of fused-ring (bicyclic) bond motifs is 1. The van der Waals surface area contributed by atoms with Crippen LogP contribution in [0.15, 0.2) is 67.6 Å². The number of aliphatic imine (C=N–C) groups is 1. The molecular formula is C91H143BrClF2IN14O27. The second kappa shape index (κ2) is 62.3. The van der Waals surface area contributed by atoms with Gasteiger partial charge in [-0.05, 0) is 188 Å². The molecule has 5 atom stereocenters. The number of rotatable bonds is 13. The number of nitrogens with one attached hydrogen (secondary N) is 1. The third-order valence-electron chi connectivity index (χ3n) is 18.4. The topological polar surface area (TPSA) is 519 Å². The van der Waals surface area contributed by atoms with E-state index in [9.17, 15) is 86.5 Å². The maximum Gasteiger partial charge on any atom is 0.410 e. The first-order valence-electron chi connectivity index (χ1n) is 43.0. The van der Waals surface area contributed by atoms with Crippen LogP contribution >= 0.6 is 50.3 Å². The fourth-order valence-corrected chi connectivity index (χ4v) is 13.1. The number of alkyl halides is 2. The molecule has 0 bridgehead atoms. The molecule has 774 valence electrons. The molecule has 4 saturated heterocycles. The molecule has 7 aliphatic rings. The molecular weight excluding hydrogens is 2000 g/mol. The van der Waals surface area contributed by atoms with Crippen LogP contribution in [0.25, 0.3) is 0 Å². The van der Waals surface area contributed by atoms with Gasteiger partial charge in [-0.3, -0.25) is 53.9 Å². The second-order valence-corrected chi connectivity index (χ2v) is 36.4. The zero-order valence-corrected chi connectivity index (χ0v) is 85.4. The molecule has 5 amide bonds. The number of nitro benzene ring substituents is 2. The van der Waals surface area contributed by atoms with Gasteiger partial charge in [0.25, 0.3) is 11.8 Å². The largest absolute Gasteiger partial charge is 0.481 e. The number of ether oxygens (including phenoxy) is 9. The number of benzene rings is 2. The van der Waals surface area contributed by atoms with Crippen molar-refractivity contribution in [3.8, 4) is 0 Å². The van der Waals surface area contributed by atoms with E-state index in [1.165, 1.54) is 40.8 Å². The van der Waals surface area contributed by atoms with Crippen LogP contribution in [0.2, 0.25) is 0 Å². The predicted octanol–water partition coefficient (Wildman–Crippen LogP) is 18.8. The van der Waals surface area contributed by atoms with Gasteiger partial charge in [-0.25, -0.2) is 38.4 Å².